The third-order valence-electron chi connectivity index (χ3n) is 3.42. The van der Waals surface area contributed by atoms with E-state index >= 15 is 0 Å². The Balaban J connectivity index is 1.88. The summed E-state index contributed by atoms with van der Waals surface area (Å²) in [5, 5.41) is 5.42. The van der Waals surface area contributed by atoms with Crippen LogP contribution in [-0.2, 0) is 0 Å². The van der Waals surface area contributed by atoms with Gasteiger partial charge >= 0.3 is 0 Å². The summed E-state index contributed by atoms with van der Waals surface area (Å²) in [6.07, 6.45) is 0. The van der Waals surface area contributed by atoms with Crippen molar-refractivity contribution < 1.29 is 9.18 Å². The number of nitrogens with one attached hydrogen (secondary N) is 2. The standard InChI is InChI=1S/C17H14FN3O2/c1-11-9-12(18)7-8-14(11)19-17(23)15-10-16(22)21(20-15)13-5-3-2-4-6-13/h2-10,20H,1H3,(H,19,23). The van der Waals surface area contributed by atoms with Gasteiger partial charge in [0.1, 0.15) is 11.5 Å². The van der Waals surface area contributed by atoms with Gasteiger partial charge in [0.05, 0.1) is 5.69 Å². The highest BCUT2D eigenvalue weighted by Gasteiger charge is 2.13. The fourth-order valence-electron chi connectivity index (χ4n) is 2.24. The molecule has 0 spiro atoms. The number of carbonyl (C=O) groups excluding carboxylic acids is 1. The van der Waals surface area contributed by atoms with E-state index in [4.69, 9.17) is 0 Å². The van der Waals surface area contributed by atoms with Gasteiger partial charge in [0.15, 0.2) is 0 Å². The molecule has 2 aromatic carbocycles. The molecular formula is C17H14FN3O2. The molecule has 2 N–H and O–H groups in total. The van der Waals surface area contributed by atoms with Gasteiger partial charge in [-0.05, 0) is 42.8 Å². The van der Waals surface area contributed by atoms with Crippen molar-refractivity contribution in [2.45, 2.75) is 6.92 Å². The molecular weight excluding hydrogens is 297 g/mol. The number of halogens is 1. The summed E-state index contributed by atoms with van der Waals surface area (Å²) in [4.78, 5) is 24.3. The fraction of sp³-hybridized carbons (Fsp3) is 0.0588. The number of aromatic amines is 1. The Hall–Kier alpha value is -3.15. The molecule has 0 aliphatic rings. The highest BCUT2D eigenvalue weighted by Crippen LogP contribution is 2.16. The van der Waals surface area contributed by atoms with E-state index in [1.54, 1.807) is 31.2 Å². The van der Waals surface area contributed by atoms with Crippen molar-refractivity contribution in [2.24, 2.45) is 0 Å². The molecule has 6 heteroatoms. The summed E-state index contributed by atoms with van der Waals surface area (Å²) in [7, 11) is 0. The second kappa shape index (κ2) is 5.92. The number of amides is 1. The van der Waals surface area contributed by atoms with Gasteiger partial charge in [-0.3, -0.25) is 14.7 Å². The lowest BCUT2D eigenvalue weighted by Gasteiger charge is -2.07. The number of H-pyrrole nitrogens is 1. The molecule has 5 nitrogen and oxygen atoms in total. The molecule has 0 unspecified atom stereocenters. The lowest BCUT2D eigenvalue weighted by atomic mass is 10.2. The van der Waals surface area contributed by atoms with E-state index in [-0.39, 0.29) is 17.1 Å². The van der Waals surface area contributed by atoms with Crippen LogP contribution in [0.2, 0.25) is 0 Å². The lowest BCUT2D eigenvalue weighted by molar-refractivity contribution is 0.102. The molecule has 23 heavy (non-hydrogen) atoms. The number of anilines is 1. The number of para-hydroxylation sites is 1. The molecule has 116 valence electrons. The first-order chi connectivity index (χ1) is 11.0. The minimum absolute atomic E-state index is 0.127. The summed E-state index contributed by atoms with van der Waals surface area (Å²) < 4.78 is 14.4. The molecule has 0 aliphatic carbocycles. The molecule has 0 bridgehead atoms. The van der Waals surface area contributed by atoms with Gasteiger partial charge in [-0.25, -0.2) is 9.07 Å². The van der Waals surface area contributed by atoms with Gasteiger partial charge in [0.2, 0.25) is 0 Å². The molecule has 0 atom stereocenters. The number of aryl methyl sites for hydroxylation is 1. The van der Waals surface area contributed by atoms with Crippen LogP contribution in [0.3, 0.4) is 0 Å². The van der Waals surface area contributed by atoms with Crippen LogP contribution in [0.25, 0.3) is 5.69 Å². The van der Waals surface area contributed by atoms with E-state index in [9.17, 15) is 14.0 Å². The van der Waals surface area contributed by atoms with E-state index in [1.165, 1.54) is 28.9 Å². The maximum Gasteiger partial charge on any atom is 0.273 e. The van der Waals surface area contributed by atoms with Gasteiger partial charge in [-0.2, -0.15) is 0 Å². The number of rotatable bonds is 3. The summed E-state index contributed by atoms with van der Waals surface area (Å²) >= 11 is 0. The Kier molecular flexibility index (Phi) is 3.80. The van der Waals surface area contributed by atoms with Crippen molar-refractivity contribution in [3.8, 4) is 5.69 Å². The van der Waals surface area contributed by atoms with Crippen LogP contribution < -0.4 is 10.9 Å². The third-order valence-corrected chi connectivity index (χ3v) is 3.42. The maximum absolute atomic E-state index is 13.1. The molecule has 3 aromatic rings. The average Bonchev–Trinajstić information content (AvgIpc) is 2.93. The van der Waals surface area contributed by atoms with E-state index in [0.29, 0.717) is 16.9 Å². The van der Waals surface area contributed by atoms with Crippen LogP contribution in [0.4, 0.5) is 10.1 Å². The van der Waals surface area contributed by atoms with Crippen molar-refractivity contribution in [1.29, 1.82) is 0 Å². The van der Waals surface area contributed by atoms with Crippen molar-refractivity contribution in [3.63, 3.8) is 0 Å². The monoisotopic (exact) mass is 311 g/mol. The normalized spacial score (nSPS) is 10.5. The Morgan fingerprint density at radius 3 is 2.57 bits per heavy atom. The van der Waals surface area contributed by atoms with Crippen LogP contribution in [0, 0.1) is 12.7 Å². The summed E-state index contributed by atoms with van der Waals surface area (Å²) in [5.74, 6) is -0.837. The van der Waals surface area contributed by atoms with Crippen molar-refractivity contribution in [2.75, 3.05) is 5.32 Å². The summed E-state index contributed by atoms with van der Waals surface area (Å²) in [5.41, 5.74) is 1.52. The van der Waals surface area contributed by atoms with E-state index < -0.39 is 5.91 Å². The van der Waals surface area contributed by atoms with E-state index in [0.717, 1.165) is 0 Å². The van der Waals surface area contributed by atoms with Crippen molar-refractivity contribution in [1.82, 2.24) is 9.78 Å². The maximum atomic E-state index is 13.1. The zero-order valence-electron chi connectivity index (χ0n) is 12.3. The molecule has 0 saturated heterocycles. The molecule has 0 fully saturated rings. The molecule has 0 aliphatic heterocycles. The molecule has 1 heterocycles. The Morgan fingerprint density at radius 2 is 1.87 bits per heavy atom. The predicted molar refractivity (Wildman–Crippen MR) is 85.5 cm³/mol. The SMILES string of the molecule is Cc1cc(F)ccc1NC(=O)c1cc(=O)n(-c2ccccc2)[nH]1. The molecule has 1 aromatic heterocycles. The largest absolute Gasteiger partial charge is 0.320 e. The van der Waals surface area contributed by atoms with Crippen LogP contribution in [0.1, 0.15) is 16.1 Å². The smallest absolute Gasteiger partial charge is 0.273 e. The first-order valence-electron chi connectivity index (χ1n) is 6.99. The van der Waals surface area contributed by atoms with Gasteiger partial charge in [0, 0.05) is 11.8 Å². The molecule has 0 radical (unpaired) electrons. The van der Waals surface area contributed by atoms with Crippen molar-refractivity contribution >= 4 is 11.6 Å². The Labute approximate surface area is 131 Å². The first kappa shape index (κ1) is 14.8. The molecule has 1 amide bonds. The van der Waals surface area contributed by atoms with E-state index in [2.05, 4.69) is 10.4 Å². The minimum Gasteiger partial charge on any atom is -0.320 e. The Morgan fingerprint density at radius 1 is 1.13 bits per heavy atom. The predicted octanol–water partition coefficient (Wildman–Crippen LogP) is 2.87. The summed E-state index contributed by atoms with van der Waals surface area (Å²) in [6, 6.07) is 14.2. The average molecular weight is 311 g/mol. The first-order valence-corrected chi connectivity index (χ1v) is 6.99. The quantitative estimate of drug-likeness (QED) is 0.781. The highest BCUT2D eigenvalue weighted by atomic mass is 19.1. The number of carbonyl (C=O) groups is 1. The summed E-state index contributed by atoms with van der Waals surface area (Å²) in [6.45, 7) is 1.69. The highest BCUT2D eigenvalue weighted by molar-refractivity contribution is 6.03. The zero-order chi connectivity index (χ0) is 16.4. The van der Waals surface area contributed by atoms with Gasteiger partial charge in [-0.15, -0.1) is 0 Å². The number of aromatic nitrogens is 2. The Bertz CT molecular complexity index is 913. The lowest BCUT2D eigenvalue weighted by Crippen LogP contribution is -2.14. The minimum atomic E-state index is -0.466. The van der Waals surface area contributed by atoms with Crippen LogP contribution in [-0.4, -0.2) is 15.7 Å². The van der Waals surface area contributed by atoms with Crippen LogP contribution in [0.5, 0.6) is 0 Å². The number of benzene rings is 2. The number of hydrogen-bond donors (Lipinski definition) is 2. The number of hydrogen-bond acceptors (Lipinski definition) is 2. The molecule has 3 rings (SSSR count). The number of nitrogens with zero attached hydrogens (tertiary/aromatic N) is 1. The second-order valence-electron chi connectivity index (χ2n) is 5.09. The zero-order valence-corrected chi connectivity index (χ0v) is 12.3. The van der Waals surface area contributed by atoms with Gasteiger partial charge < -0.3 is 5.32 Å². The van der Waals surface area contributed by atoms with Gasteiger partial charge in [-0.1, -0.05) is 18.2 Å². The van der Waals surface area contributed by atoms with Crippen LogP contribution in [0.15, 0.2) is 59.4 Å². The second-order valence-corrected chi connectivity index (χ2v) is 5.09. The van der Waals surface area contributed by atoms with Crippen LogP contribution >= 0.6 is 0 Å². The van der Waals surface area contributed by atoms with E-state index in [1.807, 2.05) is 6.07 Å². The third kappa shape index (κ3) is 3.06. The van der Waals surface area contributed by atoms with Crippen molar-refractivity contribution in [3.05, 3.63) is 82.0 Å². The topological polar surface area (TPSA) is 66.9 Å². The van der Waals surface area contributed by atoms with Gasteiger partial charge in [0.25, 0.3) is 11.5 Å². The molecule has 0 saturated carbocycles. The fourth-order valence-corrected chi connectivity index (χ4v) is 2.24.